The largest absolute Gasteiger partial charge is 0.355 e. The van der Waals surface area contributed by atoms with Crippen molar-refractivity contribution in [3.8, 4) is 0 Å². The van der Waals surface area contributed by atoms with Crippen LogP contribution in [0.3, 0.4) is 0 Å². The van der Waals surface area contributed by atoms with Crippen molar-refractivity contribution in [1.29, 1.82) is 0 Å². The van der Waals surface area contributed by atoms with Crippen molar-refractivity contribution in [2.45, 2.75) is 32.1 Å². The molecule has 2 atom stereocenters. The zero-order valence-corrected chi connectivity index (χ0v) is 10.7. The summed E-state index contributed by atoms with van der Waals surface area (Å²) in [5.41, 5.74) is 2.56. The maximum Gasteiger partial charge on any atom is 0.160 e. The SMILES string of the molecule is NNc1cncc(N2CCC3CCCCC3C2)n1. The number of nitrogens with two attached hydrogens (primary N) is 1. The molecule has 5 heteroatoms. The van der Waals surface area contributed by atoms with Crippen molar-refractivity contribution in [3.05, 3.63) is 12.4 Å². The smallest absolute Gasteiger partial charge is 0.160 e. The topological polar surface area (TPSA) is 67.1 Å². The van der Waals surface area contributed by atoms with E-state index in [4.69, 9.17) is 5.84 Å². The van der Waals surface area contributed by atoms with Crippen molar-refractivity contribution in [3.63, 3.8) is 0 Å². The van der Waals surface area contributed by atoms with Gasteiger partial charge in [0.05, 0.1) is 12.4 Å². The van der Waals surface area contributed by atoms with E-state index >= 15 is 0 Å². The Morgan fingerprint density at radius 1 is 1.17 bits per heavy atom. The number of anilines is 2. The summed E-state index contributed by atoms with van der Waals surface area (Å²) in [5.74, 6) is 8.77. The van der Waals surface area contributed by atoms with Crippen molar-refractivity contribution in [2.24, 2.45) is 17.7 Å². The molecule has 18 heavy (non-hydrogen) atoms. The number of nitrogen functional groups attached to an aromatic ring is 1. The van der Waals surface area contributed by atoms with Gasteiger partial charge in [-0.05, 0) is 24.7 Å². The standard InChI is InChI=1S/C13H21N5/c14-17-12-7-15-8-13(16-12)18-6-5-10-3-1-2-4-11(10)9-18/h7-8,10-11H,1-6,9,14H2,(H,16,17). The molecule has 3 N–H and O–H groups in total. The van der Waals surface area contributed by atoms with Crippen LogP contribution in [0.1, 0.15) is 32.1 Å². The minimum atomic E-state index is 0.637. The van der Waals surface area contributed by atoms with Crippen molar-refractivity contribution in [2.75, 3.05) is 23.4 Å². The molecule has 1 aliphatic heterocycles. The lowest BCUT2D eigenvalue weighted by Crippen LogP contribution is -2.42. The monoisotopic (exact) mass is 247 g/mol. The van der Waals surface area contributed by atoms with Gasteiger partial charge in [-0.15, -0.1) is 0 Å². The summed E-state index contributed by atoms with van der Waals surface area (Å²) in [7, 11) is 0. The molecule has 3 rings (SSSR count). The number of piperidine rings is 1. The van der Waals surface area contributed by atoms with Crippen LogP contribution in [0.2, 0.25) is 0 Å². The second-order valence-corrected chi connectivity index (χ2v) is 5.45. The van der Waals surface area contributed by atoms with E-state index in [0.717, 1.165) is 30.7 Å². The van der Waals surface area contributed by atoms with E-state index in [1.165, 1.54) is 32.1 Å². The van der Waals surface area contributed by atoms with Gasteiger partial charge in [0.25, 0.3) is 0 Å². The molecule has 2 aliphatic rings. The Morgan fingerprint density at radius 2 is 2.00 bits per heavy atom. The van der Waals surface area contributed by atoms with Gasteiger partial charge >= 0.3 is 0 Å². The molecule has 0 bridgehead atoms. The number of rotatable bonds is 2. The third-order valence-corrected chi connectivity index (χ3v) is 4.38. The predicted molar refractivity (Wildman–Crippen MR) is 72.1 cm³/mol. The molecule has 98 valence electrons. The lowest BCUT2D eigenvalue weighted by Gasteiger charge is -2.41. The first kappa shape index (κ1) is 11.7. The Morgan fingerprint density at radius 3 is 2.83 bits per heavy atom. The molecular weight excluding hydrogens is 226 g/mol. The molecule has 2 unspecified atom stereocenters. The Hall–Kier alpha value is -1.36. The van der Waals surface area contributed by atoms with E-state index in [2.05, 4.69) is 20.3 Å². The zero-order chi connectivity index (χ0) is 12.4. The lowest BCUT2D eigenvalue weighted by atomic mass is 9.75. The Bertz CT molecular complexity index is 408. The molecule has 1 aromatic heterocycles. The van der Waals surface area contributed by atoms with Crippen LogP contribution in [-0.4, -0.2) is 23.1 Å². The first-order valence-corrected chi connectivity index (χ1v) is 6.90. The van der Waals surface area contributed by atoms with Crippen LogP contribution in [0.5, 0.6) is 0 Å². The van der Waals surface area contributed by atoms with Crippen LogP contribution in [0, 0.1) is 11.8 Å². The van der Waals surface area contributed by atoms with Crippen molar-refractivity contribution in [1.82, 2.24) is 9.97 Å². The lowest BCUT2D eigenvalue weighted by molar-refractivity contribution is 0.202. The Labute approximate surface area is 108 Å². The van der Waals surface area contributed by atoms with Crippen molar-refractivity contribution >= 4 is 11.6 Å². The number of hydrogen-bond acceptors (Lipinski definition) is 5. The highest BCUT2D eigenvalue weighted by atomic mass is 15.3. The fraction of sp³-hybridized carbons (Fsp3) is 0.692. The van der Waals surface area contributed by atoms with Crippen LogP contribution in [0.4, 0.5) is 11.6 Å². The minimum Gasteiger partial charge on any atom is -0.355 e. The summed E-state index contributed by atoms with van der Waals surface area (Å²) in [4.78, 5) is 11.0. The average Bonchev–Trinajstić information content (AvgIpc) is 2.47. The zero-order valence-electron chi connectivity index (χ0n) is 10.7. The summed E-state index contributed by atoms with van der Waals surface area (Å²) in [5, 5.41) is 0. The number of nitrogens with zero attached hydrogens (tertiary/aromatic N) is 3. The van der Waals surface area contributed by atoms with Crippen molar-refractivity contribution < 1.29 is 0 Å². The molecule has 1 aromatic rings. The quantitative estimate of drug-likeness (QED) is 0.616. The second kappa shape index (κ2) is 5.10. The molecule has 1 aliphatic carbocycles. The van der Waals surface area contributed by atoms with Gasteiger partial charge in [-0.1, -0.05) is 19.3 Å². The van der Waals surface area contributed by atoms with E-state index in [9.17, 15) is 0 Å². The van der Waals surface area contributed by atoms with Gasteiger partial charge in [-0.3, -0.25) is 4.98 Å². The highest BCUT2D eigenvalue weighted by molar-refractivity contribution is 5.43. The van der Waals surface area contributed by atoms with Gasteiger partial charge in [0.1, 0.15) is 5.82 Å². The summed E-state index contributed by atoms with van der Waals surface area (Å²) < 4.78 is 0. The average molecular weight is 247 g/mol. The molecule has 1 saturated heterocycles. The number of aromatic nitrogens is 2. The molecular formula is C13H21N5. The maximum atomic E-state index is 5.38. The number of nitrogens with one attached hydrogen (secondary N) is 1. The predicted octanol–water partition coefficient (Wildman–Crippen LogP) is 1.78. The summed E-state index contributed by atoms with van der Waals surface area (Å²) >= 11 is 0. The van der Waals surface area contributed by atoms with Gasteiger partial charge in [-0.25, -0.2) is 10.8 Å². The summed E-state index contributed by atoms with van der Waals surface area (Å²) in [6.45, 7) is 2.23. The highest BCUT2D eigenvalue weighted by Gasteiger charge is 2.31. The van der Waals surface area contributed by atoms with Crippen LogP contribution >= 0.6 is 0 Å². The Balaban J connectivity index is 1.72. The van der Waals surface area contributed by atoms with Crippen LogP contribution in [0.25, 0.3) is 0 Å². The second-order valence-electron chi connectivity index (χ2n) is 5.45. The molecule has 0 amide bonds. The van der Waals surface area contributed by atoms with E-state index in [1.54, 1.807) is 6.20 Å². The van der Waals surface area contributed by atoms with E-state index < -0.39 is 0 Å². The third kappa shape index (κ3) is 2.27. The molecule has 2 fully saturated rings. The van der Waals surface area contributed by atoms with E-state index in [-0.39, 0.29) is 0 Å². The number of hydrazine groups is 1. The highest BCUT2D eigenvalue weighted by Crippen LogP contribution is 2.37. The first-order chi connectivity index (χ1) is 8.86. The third-order valence-electron chi connectivity index (χ3n) is 4.38. The maximum absolute atomic E-state index is 5.38. The fourth-order valence-electron chi connectivity index (χ4n) is 3.39. The van der Waals surface area contributed by atoms with Crippen LogP contribution in [-0.2, 0) is 0 Å². The molecule has 0 radical (unpaired) electrons. The normalized spacial score (nSPS) is 27.7. The van der Waals surface area contributed by atoms with Gasteiger partial charge in [0.2, 0.25) is 0 Å². The van der Waals surface area contributed by atoms with E-state index in [0.29, 0.717) is 5.82 Å². The van der Waals surface area contributed by atoms with Gasteiger partial charge in [0, 0.05) is 13.1 Å². The molecule has 1 saturated carbocycles. The number of hydrogen-bond donors (Lipinski definition) is 2. The van der Waals surface area contributed by atoms with E-state index in [1.807, 2.05) is 6.20 Å². The summed E-state index contributed by atoms with van der Waals surface area (Å²) in [6, 6.07) is 0. The molecule has 2 heterocycles. The van der Waals surface area contributed by atoms with Gasteiger partial charge in [-0.2, -0.15) is 0 Å². The van der Waals surface area contributed by atoms with Crippen LogP contribution < -0.4 is 16.2 Å². The summed E-state index contributed by atoms with van der Waals surface area (Å²) in [6.07, 6.45) is 10.4. The fourth-order valence-corrected chi connectivity index (χ4v) is 3.39. The first-order valence-electron chi connectivity index (χ1n) is 6.90. The molecule has 0 spiro atoms. The Kier molecular flexibility index (Phi) is 3.32. The number of fused-ring (bicyclic) bond motifs is 1. The van der Waals surface area contributed by atoms with Gasteiger partial charge in [0.15, 0.2) is 5.82 Å². The van der Waals surface area contributed by atoms with Crippen LogP contribution in [0.15, 0.2) is 12.4 Å². The van der Waals surface area contributed by atoms with Gasteiger partial charge < -0.3 is 10.3 Å². The molecule has 0 aromatic carbocycles. The molecule has 5 nitrogen and oxygen atoms in total. The minimum absolute atomic E-state index is 0.637.